The second-order valence-electron chi connectivity index (χ2n) is 1.76. The summed E-state index contributed by atoms with van der Waals surface area (Å²) < 4.78 is 9.89. The highest BCUT2D eigenvalue weighted by molar-refractivity contribution is 6.16. The molecule has 0 aliphatic heterocycles. The van der Waals surface area contributed by atoms with Crippen LogP contribution in [0.5, 0.6) is 0 Å². The summed E-state index contributed by atoms with van der Waals surface area (Å²) in [7, 11) is 3.43. The Morgan fingerprint density at radius 3 is 2.29 bits per heavy atom. The number of nitrogens with zero attached hydrogens (tertiary/aromatic N) is 1. The minimum atomic E-state index is -0.531. The van der Waals surface area contributed by atoms with Crippen LogP contribution in [0.4, 0.5) is 0 Å². The van der Waals surface area contributed by atoms with Gasteiger partial charge in [-0.2, -0.15) is 0 Å². The lowest BCUT2D eigenvalue weighted by atomic mass is 10.7. The summed E-state index contributed by atoms with van der Waals surface area (Å²) >= 11 is 0. The second kappa shape index (κ2) is 4.14. The molecule has 3 heteroatoms. The summed E-state index contributed by atoms with van der Waals surface area (Å²) in [4.78, 5) is 2.03. The standard InChI is InChI=1S/C4H11NOSi/c1-5(2)3-4-7-6/h7H,3-4H2,1-2H3. The monoisotopic (exact) mass is 117 g/mol. The SMILES string of the molecule is CN(C)CC[SiH]=O. The van der Waals surface area contributed by atoms with Gasteiger partial charge >= 0.3 is 0 Å². The maximum absolute atomic E-state index is 9.89. The third-order valence-electron chi connectivity index (χ3n) is 0.694. The van der Waals surface area contributed by atoms with Crippen molar-refractivity contribution in [3.8, 4) is 0 Å². The van der Waals surface area contributed by atoms with Crippen molar-refractivity contribution in [2.75, 3.05) is 20.6 Å². The Hall–Kier alpha value is -0.0231. The van der Waals surface area contributed by atoms with Crippen molar-refractivity contribution in [1.82, 2.24) is 4.90 Å². The first-order valence-electron chi connectivity index (χ1n) is 2.35. The molecule has 0 amide bonds. The van der Waals surface area contributed by atoms with E-state index >= 15 is 0 Å². The van der Waals surface area contributed by atoms with Crippen LogP contribution < -0.4 is 0 Å². The normalized spacial score (nSPS) is 9.57. The van der Waals surface area contributed by atoms with Gasteiger partial charge in [-0.25, -0.2) is 0 Å². The van der Waals surface area contributed by atoms with Gasteiger partial charge in [-0.3, -0.25) is 0 Å². The largest absolute Gasteiger partial charge is 0.392 e. The number of hydrogen-bond donors (Lipinski definition) is 0. The van der Waals surface area contributed by atoms with Crippen molar-refractivity contribution >= 4 is 9.41 Å². The molecule has 0 N–H and O–H groups in total. The van der Waals surface area contributed by atoms with Crippen LogP contribution in [0.1, 0.15) is 0 Å². The summed E-state index contributed by atoms with van der Waals surface area (Å²) in [6.07, 6.45) is 0. The molecule has 42 valence electrons. The lowest BCUT2D eigenvalue weighted by molar-refractivity contribution is 0.429. The molecule has 0 atom stereocenters. The van der Waals surface area contributed by atoms with Crippen LogP contribution in [0, 0.1) is 0 Å². The van der Waals surface area contributed by atoms with Gasteiger partial charge in [0.15, 0.2) is 0 Å². The average Bonchev–Trinajstić information content (AvgIpc) is 1.61. The maximum Gasteiger partial charge on any atom is 0.262 e. The molecule has 0 aromatic rings. The summed E-state index contributed by atoms with van der Waals surface area (Å²) in [6, 6.07) is 0.854. The van der Waals surface area contributed by atoms with E-state index in [1.807, 2.05) is 19.0 Å². The first-order chi connectivity index (χ1) is 3.27. The Bertz CT molecular complexity index is 55.7. The first-order valence-corrected chi connectivity index (χ1v) is 3.64. The molecular weight excluding hydrogens is 106 g/mol. The molecule has 0 rings (SSSR count). The van der Waals surface area contributed by atoms with Crippen LogP contribution in [0.25, 0.3) is 0 Å². The molecule has 0 saturated heterocycles. The number of hydrogen-bond acceptors (Lipinski definition) is 2. The lowest BCUT2D eigenvalue weighted by Crippen LogP contribution is -2.12. The van der Waals surface area contributed by atoms with E-state index in [1.165, 1.54) is 0 Å². The van der Waals surface area contributed by atoms with Crippen molar-refractivity contribution in [3.63, 3.8) is 0 Å². The molecule has 0 saturated carbocycles. The molecule has 7 heavy (non-hydrogen) atoms. The molecule has 0 aliphatic carbocycles. The first kappa shape index (κ1) is 6.98. The van der Waals surface area contributed by atoms with Crippen molar-refractivity contribution in [2.45, 2.75) is 6.04 Å². The minimum Gasteiger partial charge on any atom is -0.392 e. The van der Waals surface area contributed by atoms with Crippen molar-refractivity contribution in [3.05, 3.63) is 0 Å². The average molecular weight is 117 g/mol. The summed E-state index contributed by atoms with van der Waals surface area (Å²) in [5.41, 5.74) is 0. The van der Waals surface area contributed by atoms with E-state index in [0.717, 1.165) is 12.6 Å². The van der Waals surface area contributed by atoms with Gasteiger partial charge in [-0.05, 0) is 14.1 Å². The quantitative estimate of drug-likeness (QED) is 0.475. The van der Waals surface area contributed by atoms with E-state index in [-0.39, 0.29) is 0 Å². The minimum absolute atomic E-state index is 0.531. The van der Waals surface area contributed by atoms with E-state index in [4.69, 9.17) is 0 Å². The Morgan fingerprint density at radius 2 is 2.14 bits per heavy atom. The van der Waals surface area contributed by atoms with E-state index < -0.39 is 9.41 Å². The van der Waals surface area contributed by atoms with E-state index in [0.29, 0.717) is 0 Å². The molecule has 0 fully saturated rings. The molecule has 0 unspecified atom stereocenters. The third-order valence-corrected chi connectivity index (χ3v) is 1.19. The topological polar surface area (TPSA) is 20.3 Å². The summed E-state index contributed by atoms with van der Waals surface area (Å²) in [5, 5.41) is 0. The Labute approximate surface area is 46.4 Å². The molecule has 0 bridgehead atoms. The van der Waals surface area contributed by atoms with Crippen LogP contribution in [-0.2, 0) is 4.46 Å². The summed E-state index contributed by atoms with van der Waals surface area (Å²) in [5.74, 6) is 0. The van der Waals surface area contributed by atoms with Gasteiger partial charge in [-0.15, -0.1) is 0 Å². The molecule has 0 spiro atoms. The van der Waals surface area contributed by atoms with E-state index in [2.05, 4.69) is 0 Å². The molecule has 0 heterocycles. The van der Waals surface area contributed by atoms with Crippen LogP contribution in [-0.4, -0.2) is 34.9 Å². The maximum atomic E-state index is 9.89. The lowest BCUT2D eigenvalue weighted by Gasteiger charge is -2.03. The van der Waals surface area contributed by atoms with Crippen LogP contribution >= 0.6 is 0 Å². The molecule has 2 nitrogen and oxygen atoms in total. The zero-order valence-corrected chi connectivity index (χ0v) is 6.00. The van der Waals surface area contributed by atoms with Crippen molar-refractivity contribution in [1.29, 1.82) is 0 Å². The van der Waals surface area contributed by atoms with Gasteiger partial charge in [-0.1, -0.05) is 0 Å². The highest BCUT2D eigenvalue weighted by atomic mass is 28.2. The third kappa shape index (κ3) is 5.98. The second-order valence-corrected chi connectivity index (χ2v) is 2.67. The van der Waals surface area contributed by atoms with Gasteiger partial charge in [0, 0.05) is 12.6 Å². The Morgan fingerprint density at radius 1 is 1.57 bits per heavy atom. The van der Waals surface area contributed by atoms with Gasteiger partial charge in [0.1, 0.15) is 0 Å². The molecule has 0 aliphatic rings. The van der Waals surface area contributed by atoms with Gasteiger partial charge in [0.2, 0.25) is 0 Å². The molecule has 0 aromatic carbocycles. The van der Waals surface area contributed by atoms with Crippen molar-refractivity contribution < 1.29 is 4.46 Å². The Balaban J connectivity index is 2.81. The van der Waals surface area contributed by atoms with Gasteiger partial charge < -0.3 is 9.36 Å². The van der Waals surface area contributed by atoms with Crippen LogP contribution in [0.15, 0.2) is 0 Å². The smallest absolute Gasteiger partial charge is 0.262 e. The van der Waals surface area contributed by atoms with Crippen LogP contribution in [0.2, 0.25) is 6.04 Å². The molecule has 0 radical (unpaired) electrons. The van der Waals surface area contributed by atoms with Crippen LogP contribution in [0.3, 0.4) is 0 Å². The predicted molar refractivity (Wildman–Crippen MR) is 31.2 cm³/mol. The molecule has 0 aromatic heterocycles. The zero-order chi connectivity index (χ0) is 5.70. The Kier molecular flexibility index (Phi) is 4.13. The predicted octanol–water partition coefficient (Wildman–Crippen LogP) is -0.252. The van der Waals surface area contributed by atoms with Gasteiger partial charge in [0.05, 0.1) is 0 Å². The van der Waals surface area contributed by atoms with E-state index in [9.17, 15) is 4.46 Å². The van der Waals surface area contributed by atoms with Gasteiger partial charge in [0.25, 0.3) is 9.41 Å². The zero-order valence-electron chi connectivity index (χ0n) is 4.85. The fourth-order valence-electron chi connectivity index (χ4n) is 0.311. The molecular formula is C4H11NOSi. The summed E-state index contributed by atoms with van der Waals surface area (Å²) in [6.45, 7) is 0.957. The van der Waals surface area contributed by atoms with Crippen molar-refractivity contribution in [2.24, 2.45) is 0 Å². The highest BCUT2D eigenvalue weighted by Gasteiger charge is 1.84. The number of rotatable bonds is 3. The fourth-order valence-corrected chi connectivity index (χ4v) is 0.933. The highest BCUT2D eigenvalue weighted by Crippen LogP contribution is 1.75. The van der Waals surface area contributed by atoms with E-state index in [1.54, 1.807) is 0 Å². The fraction of sp³-hybridized carbons (Fsp3) is 1.00.